The molecule has 0 aromatic carbocycles. The van der Waals surface area contributed by atoms with Gasteiger partial charge in [0.15, 0.2) is 8.32 Å². The molecule has 0 aliphatic heterocycles. The van der Waals surface area contributed by atoms with Gasteiger partial charge in [0.05, 0.1) is 6.10 Å². The minimum absolute atomic E-state index is 0.202. The molecule has 2 heteroatoms. The van der Waals surface area contributed by atoms with Crippen LogP contribution in [0.15, 0.2) is 12.2 Å². The van der Waals surface area contributed by atoms with Gasteiger partial charge in [-0.05, 0) is 36.4 Å². The van der Waals surface area contributed by atoms with Gasteiger partial charge >= 0.3 is 0 Å². The maximum Gasteiger partial charge on any atom is 0.192 e. The van der Waals surface area contributed by atoms with E-state index in [0.29, 0.717) is 6.10 Å². The SMILES string of the molecule is CC/C=C\C[C@H](O[Si](C)(C)C(C)(C)C)C(C)(C)C. The van der Waals surface area contributed by atoms with E-state index in [9.17, 15) is 0 Å². The first kappa shape index (κ1) is 17.9. The van der Waals surface area contributed by atoms with Crippen LogP contribution in [0.1, 0.15) is 61.3 Å². The molecule has 1 atom stereocenters. The van der Waals surface area contributed by atoms with Crippen molar-refractivity contribution < 1.29 is 4.43 Å². The summed E-state index contributed by atoms with van der Waals surface area (Å²) in [6, 6.07) is 0. The average molecular weight is 271 g/mol. The van der Waals surface area contributed by atoms with Crippen LogP contribution in [0.25, 0.3) is 0 Å². The summed E-state index contributed by atoms with van der Waals surface area (Å²) in [6.07, 6.45) is 6.98. The summed E-state index contributed by atoms with van der Waals surface area (Å²) in [6.45, 7) is 20.6. The minimum atomic E-state index is -1.67. The van der Waals surface area contributed by atoms with Gasteiger partial charge in [-0.15, -0.1) is 0 Å². The maximum absolute atomic E-state index is 6.60. The number of hydrogen-bond acceptors (Lipinski definition) is 1. The highest BCUT2D eigenvalue weighted by molar-refractivity contribution is 6.74. The number of allylic oxidation sites excluding steroid dienone is 1. The lowest BCUT2D eigenvalue weighted by Crippen LogP contribution is -2.47. The molecular weight excluding hydrogens is 236 g/mol. The van der Waals surface area contributed by atoms with Gasteiger partial charge in [-0.25, -0.2) is 0 Å². The molecule has 0 aromatic heterocycles. The van der Waals surface area contributed by atoms with Crippen LogP contribution in [0.5, 0.6) is 0 Å². The third kappa shape index (κ3) is 5.70. The molecule has 1 nitrogen and oxygen atoms in total. The normalized spacial score (nSPS) is 16.3. The van der Waals surface area contributed by atoms with Gasteiger partial charge in [0.25, 0.3) is 0 Å². The lowest BCUT2D eigenvalue weighted by molar-refractivity contribution is 0.0754. The van der Waals surface area contributed by atoms with E-state index >= 15 is 0 Å². The summed E-state index contributed by atoms with van der Waals surface area (Å²) in [5.74, 6) is 0. The summed E-state index contributed by atoms with van der Waals surface area (Å²) in [4.78, 5) is 0. The highest BCUT2D eigenvalue weighted by Gasteiger charge is 2.41. The van der Waals surface area contributed by atoms with Gasteiger partial charge in [-0.3, -0.25) is 0 Å². The van der Waals surface area contributed by atoms with Gasteiger partial charge in [-0.1, -0.05) is 60.6 Å². The lowest BCUT2D eigenvalue weighted by Gasteiger charge is -2.43. The van der Waals surface area contributed by atoms with Crippen molar-refractivity contribution in [3.63, 3.8) is 0 Å². The predicted octanol–water partition coefficient (Wildman–Crippen LogP) is 5.78. The molecule has 0 saturated carbocycles. The molecule has 0 saturated heterocycles. The lowest BCUT2D eigenvalue weighted by atomic mass is 9.87. The molecule has 0 bridgehead atoms. The fourth-order valence-corrected chi connectivity index (χ4v) is 3.01. The summed E-state index contributed by atoms with van der Waals surface area (Å²) in [7, 11) is -1.67. The maximum atomic E-state index is 6.60. The molecule has 0 unspecified atom stereocenters. The Morgan fingerprint density at radius 3 is 1.83 bits per heavy atom. The Hall–Kier alpha value is -0.0831. The van der Waals surface area contributed by atoms with E-state index in [1.54, 1.807) is 0 Å². The Morgan fingerprint density at radius 2 is 1.50 bits per heavy atom. The van der Waals surface area contributed by atoms with Crippen molar-refractivity contribution in [1.29, 1.82) is 0 Å². The molecule has 0 aliphatic rings. The molecule has 0 amide bonds. The Labute approximate surface area is 116 Å². The Bertz CT molecular complexity index is 266. The molecular formula is C16H34OSi. The van der Waals surface area contributed by atoms with Crippen molar-refractivity contribution in [2.24, 2.45) is 5.41 Å². The van der Waals surface area contributed by atoms with Gasteiger partial charge in [0, 0.05) is 0 Å². The second kappa shape index (κ2) is 6.38. The first-order chi connectivity index (χ1) is 7.92. The van der Waals surface area contributed by atoms with Gasteiger partial charge in [0.2, 0.25) is 0 Å². The topological polar surface area (TPSA) is 9.23 Å². The zero-order valence-electron chi connectivity index (χ0n) is 14.1. The van der Waals surface area contributed by atoms with E-state index in [1.165, 1.54) is 0 Å². The van der Waals surface area contributed by atoms with Crippen molar-refractivity contribution in [1.82, 2.24) is 0 Å². The first-order valence-corrected chi connectivity index (χ1v) is 10.2. The average Bonchev–Trinajstić information content (AvgIpc) is 2.13. The highest BCUT2D eigenvalue weighted by atomic mass is 28.4. The molecule has 0 aromatic rings. The van der Waals surface area contributed by atoms with Crippen LogP contribution in [0.4, 0.5) is 0 Å². The first-order valence-electron chi connectivity index (χ1n) is 7.24. The predicted molar refractivity (Wildman–Crippen MR) is 85.6 cm³/mol. The third-order valence-corrected chi connectivity index (χ3v) is 8.45. The third-order valence-electron chi connectivity index (χ3n) is 3.96. The molecule has 0 heterocycles. The van der Waals surface area contributed by atoms with E-state index in [2.05, 4.69) is 73.7 Å². The molecule has 0 fully saturated rings. The molecule has 18 heavy (non-hydrogen) atoms. The summed E-state index contributed by atoms with van der Waals surface area (Å²) >= 11 is 0. The molecule has 0 radical (unpaired) electrons. The molecule has 0 aliphatic carbocycles. The van der Waals surface area contributed by atoms with Gasteiger partial charge in [0.1, 0.15) is 0 Å². The smallest absolute Gasteiger partial charge is 0.192 e. The quantitative estimate of drug-likeness (QED) is 0.454. The van der Waals surface area contributed by atoms with E-state index in [-0.39, 0.29) is 10.5 Å². The highest BCUT2D eigenvalue weighted by Crippen LogP contribution is 2.40. The molecule has 0 rings (SSSR count). The summed E-state index contributed by atoms with van der Waals surface area (Å²) < 4.78 is 6.60. The Morgan fingerprint density at radius 1 is 1.00 bits per heavy atom. The molecule has 108 valence electrons. The van der Waals surface area contributed by atoms with Gasteiger partial charge in [-0.2, -0.15) is 0 Å². The van der Waals surface area contributed by atoms with Crippen molar-refractivity contribution >= 4 is 8.32 Å². The standard InChI is InChI=1S/C16H34OSi/c1-10-11-12-13-14(15(2,3)4)17-18(8,9)16(5,6)7/h11-12,14H,10,13H2,1-9H3/b12-11-/t14-/m0/s1. The van der Waals surface area contributed by atoms with E-state index in [0.717, 1.165) is 12.8 Å². The van der Waals surface area contributed by atoms with Crippen LogP contribution in [-0.4, -0.2) is 14.4 Å². The van der Waals surface area contributed by atoms with E-state index < -0.39 is 8.32 Å². The summed E-state index contributed by atoms with van der Waals surface area (Å²) in [5, 5.41) is 0.283. The Kier molecular flexibility index (Phi) is 6.35. The fourth-order valence-electron chi connectivity index (χ4n) is 1.50. The second-order valence-corrected chi connectivity index (χ2v) is 12.6. The van der Waals surface area contributed by atoms with Gasteiger partial charge < -0.3 is 4.43 Å². The summed E-state index contributed by atoms with van der Waals surface area (Å²) in [5.41, 5.74) is 0.202. The van der Waals surface area contributed by atoms with Crippen molar-refractivity contribution in [3.05, 3.63) is 12.2 Å². The van der Waals surface area contributed by atoms with Crippen LogP contribution in [0.2, 0.25) is 18.1 Å². The zero-order valence-corrected chi connectivity index (χ0v) is 15.1. The van der Waals surface area contributed by atoms with Crippen molar-refractivity contribution in [2.45, 2.75) is 85.5 Å². The number of hydrogen-bond donors (Lipinski definition) is 0. The van der Waals surface area contributed by atoms with E-state index in [4.69, 9.17) is 4.43 Å². The van der Waals surface area contributed by atoms with Crippen LogP contribution in [-0.2, 0) is 4.43 Å². The minimum Gasteiger partial charge on any atom is -0.413 e. The van der Waals surface area contributed by atoms with Crippen LogP contribution in [0.3, 0.4) is 0 Å². The monoisotopic (exact) mass is 270 g/mol. The van der Waals surface area contributed by atoms with Crippen molar-refractivity contribution in [2.75, 3.05) is 0 Å². The van der Waals surface area contributed by atoms with E-state index in [1.807, 2.05) is 0 Å². The Balaban J connectivity index is 4.86. The molecule has 0 N–H and O–H groups in total. The van der Waals surface area contributed by atoms with Crippen LogP contribution >= 0.6 is 0 Å². The zero-order chi connectivity index (χ0) is 14.6. The fraction of sp³-hybridized carbons (Fsp3) is 0.875. The molecule has 0 spiro atoms. The van der Waals surface area contributed by atoms with Crippen molar-refractivity contribution in [3.8, 4) is 0 Å². The van der Waals surface area contributed by atoms with Crippen LogP contribution < -0.4 is 0 Å². The number of rotatable bonds is 5. The second-order valence-electron chi connectivity index (χ2n) is 7.85. The largest absolute Gasteiger partial charge is 0.413 e. The van der Waals surface area contributed by atoms with Crippen LogP contribution in [0, 0.1) is 5.41 Å².